The highest BCUT2D eigenvalue weighted by molar-refractivity contribution is 6.39. The largest absolute Gasteiger partial charge is 0.490 e. The van der Waals surface area contributed by atoms with Gasteiger partial charge in [0.1, 0.15) is 30.3 Å². The van der Waals surface area contributed by atoms with Crippen molar-refractivity contribution in [1.82, 2.24) is 5.32 Å². The normalized spacial score (nSPS) is 17.3. The van der Waals surface area contributed by atoms with E-state index in [4.69, 9.17) is 21.1 Å². The van der Waals surface area contributed by atoms with Gasteiger partial charge in [0, 0.05) is 5.02 Å². The zero-order valence-electron chi connectivity index (χ0n) is 21.4. The zero-order chi connectivity index (χ0) is 27.2. The number of halogens is 1. The van der Waals surface area contributed by atoms with Crippen LogP contribution in [0.25, 0.3) is 6.08 Å². The molecule has 0 unspecified atom stereocenters. The van der Waals surface area contributed by atoms with E-state index in [0.717, 1.165) is 10.6 Å². The predicted octanol–water partition coefficient (Wildman–Crippen LogP) is 6.51. The van der Waals surface area contributed by atoms with Gasteiger partial charge in [0.15, 0.2) is 0 Å². The number of barbiturate groups is 1. The van der Waals surface area contributed by atoms with Gasteiger partial charge in [0.2, 0.25) is 0 Å². The van der Waals surface area contributed by atoms with Crippen molar-refractivity contribution in [3.63, 3.8) is 0 Å². The molecule has 0 aromatic heterocycles. The fraction of sp³-hybridized carbons (Fsp3) is 0.258. The molecule has 0 radical (unpaired) electrons. The standard InChI is InChI=1S/C31H29ClN2O5/c32-24-11-13-25(14-12-24)34-30(36)28(29(35)33-31(34)37)20-21-5-4-8-27(19-21)39-18-17-38-26-15-9-23(10-16-26)22-6-2-1-3-7-22/h4-5,8-16,19-20,22H,1-3,6-7,17-18H2,(H,33,35,37)/b28-20-. The summed E-state index contributed by atoms with van der Waals surface area (Å²) in [6.07, 6.45) is 7.93. The van der Waals surface area contributed by atoms with Gasteiger partial charge in [-0.15, -0.1) is 0 Å². The summed E-state index contributed by atoms with van der Waals surface area (Å²) in [6, 6.07) is 20.7. The highest BCUT2D eigenvalue weighted by atomic mass is 35.5. The van der Waals surface area contributed by atoms with Gasteiger partial charge in [-0.2, -0.15) is 0 Å². The number of carbonyl (C=O) groups is 3. The predicted molar refractivity (Wildman–Crippen MR) is 150 cm³/mol. The second-order valence-corrected chi connectivity index (χ2v) is 10.0. The Balaban J connectivity index is 1.18. The summed E-state index contributed by atoms with van der Waals surface area (Å²) in [5.74, 6) is 0.548. The lowest BCUT2D eigenvalue weighted by atomic mass is 9.84. The number of imide groups is 2. The Bertz CT molecular complexity index is 1380. The van der Waals surface area contributed by atoms with Gasteiger partial charge in [0.25, 0.3) is 11.8 Å². The van der Waals surface area contributed by atoms with Crippen molar-refractivity contribution in [1.29, 1.82) is 0 Å². The minimum atomic E-state index is -0.815. The summed E-state index contributed by atoms with van der Waals surface area (Å²) in [4.78, 5) is 38.8. The lowest BCUT2D eigenvalue weighted by Gasteiger charge is -2.26. The highest BCUT2D eigenvalue weighted by Crippen LogP contribution is 2.33. The van der Waals surface area contributed by atoms with Gasteiger partial charge < -0.3 is 9.47 Å². The first-order valence-electron chi connectivity index (χ1n) is 13.1. The van der Waals surface area contributed by atoms with Crippen LogP contribution in [0, 0.1) is 0 Å². The fourth-order valence-corrected chi connectivity index (χ4v) is 5.06. The van der Waals surface area contributed by atoms with Crippen LogP contribution < -0.4 is 19.7 Å². The molecule has 39 heavy (non-hydrogen) atoms. The van der Waals surface area contributed by atoms with Crippen LogP contribution in [-0.2, 0) is 9.59 Å². The maximum absolute atomic E-state index is 13.1. The summed E-state index contributed by atoms with van der Waals surface area (Å²) in [6.45, 7) is 0.690. The second kappa shape index (κ2) is 12.2. The van der Waals surface area contributed by atoms with E-state index in [0.29, 0.717) is 41.2 Å². The molecule has 1 heterocycles. The maximum atomic E-state index is 13.1. The molecular formula is C31H29ClN2O5. The molecule has 3 aromatic carbocycles. The minimum Gasteiger partial charge on any atom is -0.490 e. The number of anilines is 1. The summed E-state index contributed by atoms with van der Waals surface area (Å²) in [5, 5.41) is 2.68. The third-order valence-corrected chi connectivity index (χ3v) is 7.19. The van der Waals surface area contributed by atoms with E-state index in [-0.39, 0.29) is 5.57 Å². The Morgan fingerprint density at radius 3 is 2.26 bits per heavy atom. The lowest BCUT2D eigenvalue weighted by molar-refractivity contribution is -0.122. The third kappa shape index (κ3) is 6.49. The van der Waals surface area contributed by atoms with E-state index in [1.165, 1.54) is 55.9 Å². The number of nitrogens with one attached hydrogen (secondary N) is 1. The maximum Gasteiger partial charge on any atom is 0.335 e. The lowest BCUT2D eigenvalue weighted by Crippen LogP contribution is -2.54. The van der Waals surface area contributed by atoms with Crippen LogP contribution in [-0.4, -0.2) is 31.1 Å². The number of urea groups is 1. The Labute approximate surface area is 232 Å². The topological polar surface area (TPSA) is 84.9 Å². The summed E-state index contributed by atoms with van der Waals surface area (Å²) in [5.41, 5.74) is 2.10. The van der Waals surface area contributed by atoms with E-state index < -0.39 is 17.8 Å². The van der Waals surface area contributed by atoms with Crippen molar-refractivity contribution in [2.24, 2.45) is 0 Å². The Kier molecular flexibility index (Phi) is 8.27. The van der Waals surface area contributed by atoms with Crippen LogP contribution in [0.15, 0.2) is 78.4 Å². The molecule has 0 spiro atoms. The van der Waals surface area contributed by atoms with Gasteiger partial charge in [-0.05, 0) is 84.5 Å². The van der Waals surface area contributed by atoms with Crippen LogP contribution in [0.1, 0.15) is 49.1 Å². The number of amides is 4. The summed E-state index contributed by atoms with van der Waals surface area (Å²) in [7, 11) is 0. The molecule has 3 aromatic rings. The van der Waals surface area contributed by atoms with E-state index >= 15 is 0 Å². The highest BCUT2D eigenvalue weighted by Gasteiger charge is 2.36. The monoisotopic (exact) mass is 544 g/mol. The Morgan fingerprint density at radius 2 is 1.54 bits per heavy atom. The van der Waals surface area contributed by atoms with E-state index in [1.54, 1.807) is 36.4 Å². The molecule has 1 saturated carbocycles. The molecule has 8 heteroatoms. The number of rotatable bonds is 8. The van der Waals surface area contributed by atoms with Crippen molar-refractivity contribution in [3.05, 3.63) is 94.5 Å². The number of carbonyl (C=O) groups excluding carboxylic acids is 3. The molecule has 7 nitrogen and oxygen atoms in total. The number of benzene rings is 3. The molecule has 1 N–H and O–H groups in total. The molecule has 0 bridgehead atoms. The van der Waals surface area contributed by atoms with Crippen molar-refractivity contribution in [2.75, 3.05) is 18.1 Å². The van der Waals surface area contributed by atoms with Gasteiger partial charge in [-0.1, -0.05) is 55.1 Å². The van der Waals surface area contributed by atoms with Crippen molar-refractivity contribution in [2.45, 2.75) is 38.0 Å². The van der Waals surface area contributed by atoms with Crippen LogP contribution in [0.2, 0.25) is 5.02 Å². The molecule has 1 aliphatic heterocycles. The minimum absolute atomic E-state index is 0.165. The first kappa shape index (κ1) is 26.5. The summed E-state index contributed by atoms with van der Waals surface area (Å²) >= 11 is 5.92. The average molecular weight is 545 g/mol. The third-order valence-electron chi connectivity index (χ3n) is 6.93. The van der Waals surface area contributed by atoms with Crippen molar-refractivity contribution < 1.29 is 23.9 Å². The van der Waals surface area contributed by atoms with Crippen molar-refractivity contribution in [3.8, 4) is 11.5 Å². The van der Waals surface area contributed by atoms with E-state index in [2.05, 4.69) is 17.4 Å². The fourth-order valence-electron chi connectivity index (χ4n) is 4.93. The zero-order valence-corrected chi connectivity index (χ0v) is 22.2. The molecule has 0 atom stereocenters. The first-order valence-corrected chi connectivity index (χ1v) is 13.5. The molecule has 4 amide bonds. The van der Waals surface area contributed by atoms with E-state index in [9.17, 15) is 14.4 Å². The van der Waals surface area contributed by atoms with Crippen molar-refractivity contribution >= 4 is 41.2 Å². The van der Waals surface area contributed by atoms with Crippen LogP contribution in [0.5, 0.6) is 11.5 Å². The quantitative estimate of drug-likeness (QED) is 0.198. The van der Waals surface area contributed by atoms with Crippen LogP contribution in [0.4, 0.5) is 10.5 Å². The molecule has 5 rings (SSSR count). The number of hydrogen-bond acceptors (Lipinski definition) is 5. The van der Waals surface area contributed by atoms with Gasteiger partial charge in [-0.3, -0.25) is 14.9 Å². The SMILES string of the molecule is O=C1NC(=O)N(c2ccc(Cl)cc2)C(=O)/C1=C\c1cccc(OCCOc2ccc(C3CCCCC3)cc2)c1. The number of ether oxygens (including phenoxy) is 2. The average Bonchev–Trinajstić information content (AvgIpc) is 2.95. The van der Waals surface area contributed by atoms with Gasteiger partial charge in [0.05, 0.1) is 5.69 Å². The molecule has 2 aliphatic rings. The smallest absolute Gasteiger partial charge is 0.335 e. The van der Waals surface area contributed by atoms with E-state index in [1.807, 2.05) is 12.1 Å². The van der Waals surface area contributed by atoms with Gasteiger partial charge >= 0.3 is 6.03 Å². The first-order chi connectivity index (χ1) is 19.0. The second-order valence-electron chi connectivity index (χ2n) is 9.61. The van der Waals surface area contributed by atoms with Crippen LogP contribution in [0.3, 0.4) is 0 Å². The number of hydrogen-bond donors (Lipinski definition) is 1. The summed E-state index contributed by atoms with van der Waals surface area (Å²) < 4.78 is 11.7. The molecule has 1 saturated heterocycles. The molecule has 200 valence electrons. The Morgan fingerprint density at radius 1 is 0.846 bits per heavy atom. The Hall–Kier alpha value is -4.10. The van der Waals surface area contributed by atoms with Gasteiger partial charge in [-0.25, -0.2) is 9.69 Å². The molecular weight excluding hydrogens is 516 g/mol. The van der Waals surface area contributed by atoms with Crippen LogP contribution >= 0.6 is 11.6 Å². The number of nitrogens with zero attached hydrogens (tertiary/aromatic N) is 1. The molecule has 1 aliphatic carbocycles. The molecule has 2 fully saturated rings.